The number of hydrogen-bond donors (Lipinski definition) is 1. The lowest BCUT2D eigenvalue weighted by Crippen LogP contribution is -2.69. The molecule has 0 aromatic heterocycles. The van der Waals surface area contributed by atoms with Crippen molar-refractivity contribution in [1.29, 1.82) is 0 Å². The van der Waals surface area contributed by atoms with Gasteiger partial charge >= 0.3 is 0 Å². The molecule has 20 heavy (non-hydrogen) atoms. The Morgan fingerprint density at radius 1 is 1.30 bits per heavy atom. The Hall–Kier alpha value is -0.610. The first-order chi connectivity index (χ1) is 9.23. The van der Waals surface area contributed by atoms with Gasteiger partial charge in [-0.25, -0.2) is 0 Å². The molecule has 116 valence electrons. The van der Waals surface area contributed by atoms with Gasteiger partial charge in [0.1, 0.15) is 0 Å². The zero-order valence-electron chi connectivity index (χ0n) is 13.6. The van der Waals surface area contributed by atoms with E-state index in [1.165, 1.54) is 0 Å². The molecular formula is C16H30N2O2. The van der Waals surface area contributed by atoms with E-state index in [-0.39, 0.29) is 34.9 Å². The smallest absolute Gasteiger partial charge is 0.225 e. The highest BCUT2D eigenvalue weighted by atomic mass is 16.5. The molecular weight excluding hydrogens is 252 g/mol. The lowest BCUT2D eigenvalue weighted by Gasteiger charge is -2.61. The van der Waals surface area contributed by atoms with Crippen LogP contribution in [0, 0.1) is 11.3 Å². The summed E-state index contributed by atoms with van der Waals surface area (Å²) in [6.07, 6.45) is 4.89. The lowest BCUT2D eigenvalue weighted by molar-refractivity contribution is -0.208. The van der Waals surface area contributed by atoms with Gasteiger partial charge in [0, 0.05) is 37.6 Å². The highest BCUT2D eigenvalue weighted by molar-refractivity contribution is 5.79. The Morgan fingerprint density at radius 3 is 2.45 bits per heavy atom. The first-order valence-corrected chi connectivity index (χ1v) is 7.80. The summed E-state index contributed by atoms with van der Waals surface area (Å²) in [5.74, 6) is 0.394. The second-order valence-electron chi connectivity index (χ2n) is 7.45. The molecule has 2 fully saturated rings. The van der Waals surface area contributed by atoms with Crippen LogP contribution < -0.4 is 5.73 Å². The third-order valence-corrected chi connectivity index (χ3v) is 6.11. The number of nitrogens with zero attached hydrogens (tertiary/aromatic N) is 1. The topological polar surface area (TPSA) is 55.6 Å². The maximum Gasteiger partial charge on any atom is 0.225 e. The number of hydrogen-bond acceptors (Lipinski definition) is 3. The van der Waals surface area contributed by atoms with Crippen LogP contribution in [0.25, 0.3) is 0 Å². The van der Waals surface area contributed by atoms with E-state index in [9.17, 15) is 4.79 Å². The Morgan fingerprint density at radius 2 is 1.95 bits per heavy atom. The van der Waals surface area contributed by atoms with Crippen LogP contribution >= 0.6 is 0 Å². The van der Waals surface area contributed by atoms with Gasteiger partial charge in [-0.2, -0.15) is 0 Å². The monoisotopic (exact) mass is 282 g/mol. The van der Waals surface area contributed by atoms with E-state index in [2.05, 4.69) is 20.8 Å². The van der Waals surface area contributed by atoms with Gasteiger partial charge in [0.05, 0.1) is 5.60 Å². The van der Waals surface area contributed by atoms with Gasteiger partial charge in [-0.05, 0) is 32.6 Å². The van der Waals surface area contributed by atoms with Crippen LogP contribution in [-0.2, 0) is 9.53 Å². The van der Waals surface area contributed by atoms with Gasteiger partial charge in [0.2, 0.25) is 5.91 Å². The average molecular weight is 282 g/mol. The van der Waals surface area contributed by atoms with Crippen LogP contribution in [0.15, 0.2) is 0 Å². The summed E-state index contributed by atoms with van der Waals surface area (Å²) in [5.41, 5.74) is 5.87. The molecule has 0 radical (unpaired) electrons. The lowest BCUT2D eigenvalue weighted by atomic mass is 9.55. The third-order valence-electron chi connectivity index (χ3n) is 6.11. The van der Waals surface area contributed by atoms with Gasteiger partial charge in [-0.1, -0.05) is 20.3 Å². The van der Waals surface area contributed by atoms with Crippen LogP contribution in [0.2, 0.25) is 0 Å². The standard InChI is InChI=1S/C16H30N2O2/c1-15(2)13(10-16(15,3)20-5)18(4)14(19)11-7-6-8-12(17)9-11/h11-13H,6-10,17H2,1-5H3. The van der Waals surface area contributed by atoms with Crippen molar-refractivity contribution in [3.8, 4) is 0 Å². The van der Waals surface area contributed by atoms with Crippen molar-refractivity contribution >= 4 is 5.91 Å². The fourth-order valence-electron chi connectivity index (χ4n) is 3.97. The predicted octanol–water partition coefficient (Wildman–Crippen LogP) is 2.17. The highest BCUT2D eigenvalue weighted by Gasteiger charge is 2.60. The van der Waals surface area contributed by atoms with Crippen molar-refractivity contribution in [1.82, 2.24) is 4.90 Å². The molecule has 1 amide bonds. The quantitative estimate of drug-likeness (QED) is 0.863. The third kappa shape index (κ3) is 2.37. The second kappa shape index (κ2) is 5.30. The Labute approximate surface area is 123 Å². The summed E-state index contributed by atoms with van der Waals surface area (Å²) in [7, 11) is 3.71. The summed E-state index contributed by atoms with van der Waals surface area (Å²) in [4.78, 5) is 14.7. The number of carbonyl (C=O) groups excluding carboxylic acids is 1. The zero-order valence-corrected chi connectivity index (χ0v) is 13.6. The molecule has 2 saturated carbocycles. The van der Waals surface area contributed by atoms with Crippen molar-refractivity contribution in [2.75, 3.05) is 14.2 Å². The number of ether oxygens (including phenoxy) is 1. The minimum absolute atomic E-state index is 0.0110. The van der Waals surface area contributed by atoms with Crippen molar-refractivity contribution in [3.05, 3.63) is 0 Å². The molecule has 0 saturated heterocycles. The molecule has 2 rings (SSSR count). The van der Waals surface area contributed by atoms with Crippen LogP contribution in [0.3, 0.4) is 0 Å². The molecule has 0 aliphatic heterocycles. The Balaban J connectivity index is 2.02. The number of amides is 1. The SMILES string of the molecule is COC1(C)CC(N(C)C(=O)C2CCCC(N)C2)C1(C)C. The molecule has 4 atom stereocenters. The molecule has 2 aliphatic rings. The summed E-state index contributed by atoms with van der Waals surface area (Å²) < 4.78 is 5.65. The Kier molecular flexibility index (Phi) is 4.18. The largest absolute Gasteiger partial charge is 0.378 e. The minimum atomic E-state index is -0.130. The first kappa shape index (κ1) is 15.8. The number of nitrogens with two attached hydrogens (primary N) is 1. The van der Waals surface area contributed by atoms with Crippen LogP contribution in [0.5, 0.6) is 0 Å². The van der Waals surface area contributed by atoms with Gasteiger partial charge in [0.25, 0.3) is 0 Å². The van der Waals surface area contributed by atoms with Crippen molar-refractivity contribution < 1.29 is 9.53 Å². The van der Waals surface area contributed by atoms with Gasteiger partial charge < -0.3 is 15.4 Å². The van der Waals surface area contributed by atoms with Crippen molar-refractivity contribution in [3.63, 3.8) is 0 Å². The van der Waals surface area contributed by atoms with E-state index < -0.39 is 0 Å². The molecule has 0 aromatic carbocycles. The van der Waals surface area contributed by atoms with Crippen molar-refractivity contribution in [2.24, 2.45) is 17.1 Å². The van der Waals surface area contributed by atoms with Crippen LogP contribution in [0.1, 0.15) is 52.9 Å². The molecule has 4 unspecified atom stereocenters. The van der Waals surface area contributed by atoms with E-state index >= 15 is 0 Å². The number of carbonyl (C=O) groups is 1. The second-order valence-corrected chi connectivity index (χ2v) is 7.45. The Bertz CT molecular complexity index is 383. The van der Waals surface area contributed by atoms with Gasteiger partial charge in [-0.3, -0.25) is 4.79 Å². The number of methoxy groups -OCH3 is 1. The zero-order chi connectivity index (χ0) is 15.1. The van der Waals surface area contributed by atoms with Gasteiger partial charge in [0.15, 0.2) is 0 Å². The summed E-state index contributed by atoms with van der Waals surface area (Å²) in [6.45, 7) is 6.53. The molecule has 2 aliphatic carbocycles. The number of rotatable bonds is 3. The minimum Gasteiger partial charge on any atom is -0.378 e. The summed E-state index contributed by atoms with van der Waals surface area (Å²) >= 11 is 0. The van der Waals surface area contributed by atoms with E-state index in [0.29, 0.717) is 0 Å². The summed E-state index contributed by atoms with van der Waals surface area (Å²) in [6, 6.07) is 0.461. The molecule has 0 heterocycles. The van der Waals surface area contributed by atoms with Crippen LogP contribution in [-0.4, -0.2) is 42.6 Å². The maximum atomic E-state index is 12.7. The van der Waals surface area contributed by atoms with Crippen LogP contribution in [0.4, 0.5) is 0 Å². The van der Waals surface area contributed by atoms with Crippen molar-refractivity contribution in [2.45, 2.75) is 70.6 Å². The summed E-state index contributed by atoms with van der Waals surface area (Å²) in [5, 5.41) is 0. The maximum absolute atomic E-state index is 12.7. The van der Waals surface area contributed by atoms with Gasteiger partial charge in [-0.15, -0.1) is 0 Å². The molecule has 4 nitrogen and oxygen atoms in total. The van der Waals surface area contributed by atoms with E-state index in [1.54, 1.807) is 7.11 Å². The fraction of sp³-hybridized carbons (Fsp3) is 0.938. The predicted molar refractivity (Wildman–Crippen MR) is 80.3 cm³/mol. The van der Waals surface area contributed by atoms with E-state index in [0.717, 1.165) is 32.1 Å². The average Bonchev–Trinajstić information content (AvgIpc) is 2.42. The molecule has 0 spiro atoms. The van der Waals surface area contributed by atoms with E-state index in [4.69, 9.17) is 10.5 Å². The molecule has 2 N–H and O–H groups in total. The molecule has 0 bridgehead atoms. The fourth-order valence-corrected chi connectivity index (χ4v) is 3.97. The highest BCUT2D eigenvalue weighted by Crippen LogP contribution is 2.53. The molecule has 0 aromatic rings. The normalized spacial score (nSPS) is 40.0. The molecule has 4 heteroatoms. The first-order valence-electron chi connectivity index (χ1n) is 7.80. The van der Waals surface area contributed by atoms with E-state index in [1.807, 2.05) is 11.9 Å².